The molecule has 1 rings (SSSR count). The first-order valence-corrected chi connectivity index (χ1v) is 6.25. The van der Waals surface area contributed by atoms with E-state index in [2.05, 4.69) is 4.74 Å². The minimum absolute atomic E-state index is 0.0780. The van der Waals surface area contributed by atoms with Gasteiger partial charge < -0.3 is 14.3 Å². The Bertz CT molecular complexity index is 501. The standard InChI is InChI=1S/C14H20O5/c1-8(2)5-10(7-12(16)18-4)14-13(17)11(15)6-9(3)19-14/h6,8,10,17H,5,7H2,1-4H3/t10-/m1/s1. The first-order valence-electron chi connectivity index (χ1n) is 6.25. The lowest BCUT2D eigenvalue weighted by Gasteiger charge is -2.18. The van der Waals surface area contributed by atoms with Crippen molar-refractivity contribution in [2.45, 2.75) is 39.5 Å². The number of carbonyl (C=O) groups is 1. The molecule has 5 heteroatoms. The normalized spacial score (nSPS) is 12.5. The molecule has 0 radical (unpaired) electrons. The van der Waals surface area contributed by atoms with E-state index in [1.54, 1.807) is 6.92 Å². The van der Waals surface area contributed by atoms with Gasteiger partial charge in [0.25, 0.3) is 0 Å². The van der Waals surface area contributed by atoms with Gasteiger partial charge in [0.1, 0.15) is 5.76 Å². The van der Waals surface area contributed by atoms with Crippen molar-refractivity contribution >= 4 is 5.97 Å². The van der Waals surface area contributed by atoms with E-state index in [1.807, 2.05) is 13.8 Å². The summed E-state index contributed by atoms with van der Waals surface area (Å²) in [5.74, 6) is -0.296. The van der Waals surface area contributed by atoms with Crippen LogP contribution in [0.15, 0.2) is 15.3 Å². The first-order chi connectivity index (χ1) is 8.85. The number of hydrogen-bond donors (Lipinski definition) is 1. The average Bonchev–Trinajstić information content (AvgIpc) is 2.32. The summed E-state index contributed by atoms with van der Waals surface area (Å²) < 4.78 is 10.1. The van der Waals surface area contributed by atoms with Gasteiger partial charge in [0, 0.05) is 12.0 Å². The second-order valence-corrected chi connectivity index (χ2v) is 5.04. The van der Waals surface area contributed by atoms with E-state index in [4.69, 9.17) is 4.42 Å². The molecule has 106 valence electrons. The lowest BCUT2D eigenvalue weighted by molar-refractivity contribution is -0.141. The Balaban J connectivity index is 3.16. The zero-order valence-electron chi connectivity index (χ0n) is 11.7. The van der Waals surface area contributed by atoms with Crippen molar-refractivity contribution in [2.24, 2.45) is 5.92 Å². The predicted molar refractivity (Wildman–Crippen MR) is 70.2 cm³/mol. The molecule has 0 fully saturated rings. The van der Waals surface area contributed by atoms with Crippen LogP contribution in [-0.2, 0) is 9.53 Å². The van der Waals surface area contributed by atoms with Crippen molar-refractivity contribution in [1.29, 1.82) is 0 Å². The maximum Gasteiger partial charge on any atom is 0.306 e. The van der Waals surface area contributed by atoms with Gasteiger partial charge in [-0.3, -0.25) is 9.59 Å². The Morgan fingerprint density at radius 2 is 2.11 bits per heavy atom. The minimum Gasteiger partial charge on any atom is -0.502 e. The monoisotopic (exact) mass is 268 g/mol. The Morgan fingerprint density at radius 3 is 2.63 bits per heavy atom. The van der Waals surface area contributed by atoms with Crippen LogP contribution in [0.1, 0.15) is 44.1 Å². The molecule has 19 heavy (non-hydrogen) atoms. The lowest BCUT2D eigenvalue weighted by Crippen LogP contribution is -2.14. The van der Waals surface area contributed by atoms with Gasteiger partial charge in [0.05, 0.1) is 13.5 Å². The molecule has 0 aliphatic carbocycles. The zero-order chi connectivity index (χ0) is 14.6. The van der Waals surface area contributed by atoms with Crippen LogP contribution in [0.25, 0.3) is 0 Å². The number of rotatable bonds is 5. The fourth-order valence-electron chi connectivity index (χ4n) is 2.04. The van der Waals surface area contributed by atoms with Crippen LogP contribution in [-0.4, -0.2) is 18.2 Å². The van der Waals surface area contributed by atoms with Crippen LogP contribution in [0.5, 0.6) is 5.75 Å². The van der Waals surface area contributed by atoms with E-state index in [9.17, 15) is 14.7 Å². The molecule has 1 heterocycles. The summed E-state index contributed by atoms with van der Waals surface area (Å²) in [6.45, 7) is 5.62. The van der Waals surface area contributed by atoms with Crippen LogP contribution in [0.2, 0.25) is 0 Å². The molecule has 0 aromatic carbocycles. The highest BCUT2D eigenvalue weighted by molar-refractivity contribution is 5.70. The van der Waals surface area contributed by atoms with Crippen molar-refractivity contribution in [1.82, 2.24) is 0 Å². The third-order valence-corrected chi connectivity index (χ3v) is 2.84. The van der Waals surface area contributed by atoms with Gasteiger partial charge in [-0.1, -0.05) is 13.8 Å². The second-order valence-electron chi connectivity index (χ2n) is 5.04. The van der Waals surface area contributed by atoms with E-state index in [0.717, 1.165) is 0 Å². The third kappa shape index (κ3) is 4.12. The molecule has 0 aliphatic heterocycles. The van der Waals surface area contributed by atoms with Crippen molar-refractivity contribution in [3.63, 3.8) is 0 Å². The quantitative estimate of drug-likeness (QED) is 0.829. The van der Waals surface area contributed by atoms with Gasteiger partial charge in [-0.15, -0.1) is 0 Å². The van der Waals surface area contributed by atoms with Crippen LogP contribution >= 0.6 is 0 Å². The van der Waals surface area contributed by atoms with Gasteiger partial charge in [-0.05, 0) is 19.3 Å². The molecule has 5 nitrogen and oxygen atoms in total. The fraction of sp³-hybridized carbons (Fsp3) is 0.571. The first kappa shape index (κ1) is 15.3. The largest absolute Gasteiger partial charge is 0.502 e. The van der Waals surface area contributed by atoms with Gasteiger partial charge in [-0.25, -0.2) is 0 Å². The molecule has 1 aromatic rings. The summed E-state index contributed by atoms with van der Waals surface area (Å²) in [7, 11) is 1.31. The van der Waals surface area contributed by atoms with E-state index >= 15 is 0 Å². The zero-order valence-corrected chi connectivity index (χ0v) is 11.7. The number of hydrogen-bond acceptors (Lipinski definition) is 5. The van der Waals surface area contributed by atoms with E-state index in [1.165, 1.54) is 13.2 Å². The Kier molecular flexibility index (Phi) is 5.15. The maximum atomic E-state index is 11.6. The number of esters is 1. The highest BCUT2D eigenvalue weighted by Gasteiger charge is 2.25. The van der Waals surface area contributed by atoms with Gasteiger partial charge in [0.15, 0.2) is 5.76 Å². The molecule has 1 N–H and O–H groups in total. The molecular formula is C14H20O5. The van der Waals surface area contributed by atoms with Gasteiger partial charge in [-0.2, -0.15) is 0 Å². The van der Waals surface area contributed by atoms with Crippen LogP contribution < -0.4 is 5.43 Å². The lowest BCUT2D eigenvalue weighted by atomic mass is 9.91. The topological polar surface area (TPSA) is 76.7 Å². The second kappa shape index (κ2) is 6.41. The molecular weight excluding hydrogens is 248 g/mol. The molecule has 0 spiro atoms. The van der Waals surface area contributed by atoms with Crippen molar-refractivity contribution in [3.05, 3.63) is 27.8 Å². The highest BCUT2D eigenvalue weighted by atomic mass is 16.5. The summed E-state index contributed by atoms with van der Waals surface area (Å²) in [5, 5.41) is 9.83. The summed E-state index contributed by atoms with van der Waals surface area (Å²) in [6.07, 6.45) is 0.698. The van der Waals surface area contributed by atoms with Crippen molar-refractivity contribution in [2.75, 3.05) is 7.11 Å². The fourth-order valence-corrected chi connectivity index (χ4v) is 2.04. The van der Waals surface area contributed by atoms with Crippen LogP contribution in [0, 0.1) is 12.8 Å². The minimum atomic E-state index is -0.489. The van der Waals surface area contributed by atoms with E-state index < -0.39 is 17.1 Å². The molecule has 0 saturated heterocycles. The number of carbonyl (C=O) groups excluding carboxylic acids is 1. The maximum absolute atomic E-state index is 11.6. The molecule has 0 saturated carbocycles. The molecule has 0 aliphatic rings. The smallest absolute Gasteiger partial charge is 0.306 e. The summed E-state index contributed by atoms with van der Waals surface area (Å²) in [6, 6.07) is 1.23. The Labute approximate surface area is 112 Å². The number of aromatic hydroxyl groups is 1. The molecule has 0 amide bonds. The van der Waals surface area contributed by atoms with Gasteiger partial charge in [0.2, 0.25) is 11.2 Å². The molecule has 0 bridgehead atoms. The van der Waals surface area contributed by atoms with E-state index in [0.29, 0.717) is 18.1 Å². The molecule has 1 atom stereocenters. The molecule has 0 unspecified atom stereocenters. The molecule has 1 aromatic heterocycles. The van der Waals surface area contributed by atoms with Crippen molar-refractivity contribution < 1.29 is 19.1 Å². The Morgan fingerprint density at radius 1 is 1.47 bits per heavy atom. The number of ether oxygens (including phenoxy) is 1. The summed E-state index contributed by atoms with van der Waals surface area (Å²) in [5.41, 5.74) is -0.489. The van der Waals surface area contributed by atoms with Gasteiger partial charge >= 0.3 is 5.97 Å². The number of methoxy groups -OCH3 is 1. The SMILES string of the molecule is COC(=O)C[C@@H](CC(C)C)c1oc(C)cc(=O)c1O. The summed E-state index contributed by atoms with van der Waals surface area (Å²) in [4.78, 5) is 23.0. The van der Waals surface area contributed by atoms with Crippen LogP contribution in [0.3, 0.4) is 0 Å². The highest BCUT2D eigenvalue weighted by Crippen LogP contribution is 2.32. The average molecular weight is 268 g/mol. The van der Waals surface area contributed by atoms with Crippen LogP contribution in [0.4, 0.5) is 0 Å². The number of aryl methyl sites for hydroxylation is 1. The van der Waals surface area contributed by atoms with Crippen molar-refractivity contribution in [3.8, 4) is 5.75 Å². The predicted octanol–water partition coefficient (Wildman–Crippen LogP) is 2.35. The summed E-state index contributed by atoms with van der Waals surface area (Å²) >= 11 is 0. The third-order valence-electron chi connectivity index (χ3n) is 2.84. The van der Waals surface area contributed by atoms with E-state index in [-0.39, 0.29) is 18.1 Å². The Hall–Kier alpha value is -1.78.